The summed E-state index contributed by atoms with van der Waals surface area (Å²) in [6.07, 6.45) is 1.68. The molecule has 1 N–H and O–H groups in total. The molecule has 0 amide bonds. The Kier molecular flexibility index (Phi) is 6.59. The van der Waals surface area contributed by atoms with E-state index in [4.69, 9.17) is 18.9 Å². The fourth-order valence-electron chi connectivity index (χ4n) is 3.40. The van der Waals surface area contributed by atoms with Gasteiger partial charge in [0.2, 0.25) is 5.75 Å². The van der Waals surface area contributed by atoms with E-state index in [2.05, 4.69) is 15.3 Å². The van der Waals surface area contributed by atoms with Gasteiger partial charge >= 0.3 is 0 Å². The first-order chi connectivity index (χ1) is 16.1. The Morgan fingerprint density at radius 3 is 2.15 bits per heavy atom. The average molecular weight is 444 g/mol. The number of nitrogens with one attached hydrogen (secondary N) is 1. The first-order valence-corrected chi connectivity index (χ1v) is 10.3. The third kappa shape index (κ3) is 4.98. The molecule has 7 heteroatoms. The molecule has 2 heterocycles. The van der Waals surface area contributed by atoms with Crippen molar-refractivity contribution in [3.8, 4) is 40.0 Å². The molecule has 4 aromatic rings. The van der Waals surface area contributed by atoms with E-state index < -0.39 is 0 Å². The molecule has 0 fully saturated rings. The standard InChI is InChI=1S/C26H25N3O4/c1-17-10-11-21(25(28-17)18-8-6-5-7-9-18)33-20-12-13-27-24(16-20)29-19-14-22(30-2)26(32-4)23(15-19)31-3/h5-16H,1-4H3,(H,27,29). The van der Waals surface area contributed by atoms with Crippen LogP contribution in [0.1, 0.15) is 5.69 Å². The van der Waals surface area contributed by atoms with Crippen LogP contribution in [0.15, 0.2) is 72.9 Å². The van der Waals surface area contributed by atoms with Gasteiger partial charge in [-0.3, -0.25) is 0 Å². The molecule has 0 aliphatic heterocycles. The lowest BCUT2D eigenvalue weighted by molar-refractivity contribution is 0.324. The summed E-state index contributed by atoms with van der Waals surface area (Å²) in [6.45, 7) is 1.96. The molecule has 0 saturated heterocycles. The fraction of sp³-hybridized carbons (Fsp3) is 0.154. The van der Waals surface area contributed by atoms with Gasteiger partial charge in [0.1, 0.15) is 17.3 Å². The number of aromatic nitrogens is 2. The van der Waals surface area contributed by atoms with Crippen molar-refractivity contribution in [2.75, 3.05) is 26.6 Å². The maximum Gasteiger partial charge on any atom is 0.203 e. The minimum absolute atomic E-state index is 0.524. The van der Waals surface area contributed by atoms with Gasteiger partial charge in [0.25, 0.3) is 0 Å². The normalized spacial score (nSPS) is 10.4. The van der Waals surface area contributed by atoms with Crippen molar-refractivity contribution < 1.29 is 18.9 Å². The molecule has 0 radical (unpaired) electrons. The van der Waals surface area contributed by atoms with Crippen molar-refractivity contribution in [2.24, 2.45) is 0 Å². The van der Waals surface area contributed by atoms with E-state index in [0.29, 0.717) is 34.6 Å². The SMILES string of the molecule is COc1cc(Nc2cc(Oc3ccc(C)nc3-c3ccccc3)ccn2)cc(OC)c1OC. The van der Waals surface area contributed by atoms with Crippen LogP contribution < -0.4 is 24.3 Å². The molecule has 2 aromatic carbocycles. The van der Waals surface area contributed by atoms with Gasteiger partial charge in [0, 0.05) is 41.3 Å². The van der Waals surface area contributed by atoms with Gasteiger partial charge in [0.05, 0.1) is 21.3 Å². The first-order valence-electron chi connectivity index (χ1n) is 10.3. The molecule has 0 aliphatic rings. The Bertz CT molecular complexity index is 1220. The highest BCUT2D eigenvalue weighted by Gasteiger charge is 2.14. The smallest absolute Gasteiger partial charge is 0.203 e. The Morgan fingerprint density at radius 1 is 0.758 bits per heavy atom. The second-order valence-corrected chi connectivity index (χ2v) is 7.18. The molecule has 2 aromatic heterocycles. The summed E-state index contributed by atoms with van der Waals surface area (Å²) in [4.78, 5) is 9.09. The summed E-state index contributed by atoms with van der Waals surface area (Å²) >= 11 is 0. The van der Waals surface area contributed by atoms with Gasteiger partial charge < -0.3 is 24.3 Å². The highest BCUT2D eigenvalue weighted by molar-refractivity contribution is 5.68. The van der Waals surface area contributed by atoms with Gasteiger partial charge in [-0.25, -0.2) is 9.97 Å². The molecule has 0 bridgehead atoms. The third-order valence-corrected chi connectivity index (χ3v) is 4.94. The predicted molar refractivity (Wildman–Crippen MR) is 128 cm³/mol. The van der Waals surface area contributed by atoms with E-state index in [1.54, 1.807) is 33.6 Å². The van der Waals surface area contributed by atoms with Crippen molar-refractivity contribution in [1.29, 1.82) is 0 Å². The molecular weight excluding hydrogens is 418 g/mol. The minimum Gasteiger partial charge on any atom is -0.493 e. The van der Waals surface area contributed by atoms with Crippen LogP contribution in [0.5, 0.6) is 28.7 Å². The summed E-state index contributed by atoms with van der Waals surface area (Å²) in [6, 6.07) is 21.1. The van der Waals surface area contributed by atoms with E-state index in [9.17, 15) is 0 Å². The lowest BCUT2D eigenvalue weighted by Gasteiger charge is -2.15. The van der Waals surface area contributed by atoms with Crippen molar-refractivity contribution in [1.82, 2.24) is 9.97 Å². The minimum atomic E-state index is 0.524. The Balaban J connectivity index is 1.62. The Morgan fingerprint density at radius 2 is 1.48 bits per heavy atom. The topological polar surface area (TPSA) is 74.7 Å². The molecule has 4 rings (SSSR count). The number of hydrogen-bond donors (Lipinski definition) is 1. The molecule has 0 spiro atoms. The highest BCUT2D eigenvalue weighted by Crippen LogP contribution is 2.41. The summed E-state index contributed by atoms with van der Waals surface area (Å²) in [7, 11) is 4.72. The number of hydrogen-bond acceptors (Lipinski definition) is 7. The molecule has 7 nitrogen and oxygen atoms in total. The van der Waals surface area contributed by atoms with Crippen LogP contribution >= 0.6 is 0 Å². The zero-order chi connectivity index (χ0) is 23.2. The van der Waals surface area contributed by atoms with E-state index in [0.717, 1.165) is 22.6 Å². The van der Waals surface area contributed by atoms with Gasteiger partial charge in [-0.2, -0.15) is 0 Å². The quantitative estimate of drug-likeness (QED) is 0.357. The van der Waals surface area contributed by atoms with Crippen LogP contribution in [0.25, 0.3) is 11.3 Å². The molecule has 0 aliphatic carbocycles. The van der Waals surface area contributed by atoms with Gasteiger partial charge in [0.15, 0.2) is 17.2 Å². The largest absolute Gasteiger partial charge is 0.493 e. The van der Waals surface area contributed by atoms with Gasteiger partial charge in [-0.1, -0.05) is 30.3 Å². The zero-order valence-electron chi connectivity index (χ0n) is 19.0. The number of nitrogens with zero attached hydrogens (tertiary/aromatic N) is 2. The molecular formula is C26H25N3O4. The summed E-state index contributed by atoms with van der Waals surface area (Å²) in [5.74, 6) is 3.51. The van der Waals surface area contributed by atoms with Crippen molar-refractivity contribution in [2.45, 2.75) is 6.92 Å². The maximum absolute atomic E-state index is 6.21. The number of anilines is 2. The van der Waals surface area contributed by atoms with Crippen molar-refractivity contribution in [3.63, 3.8) is 0 Å². The second kappa shape index (κ2) is 9.91. The lowest BCUT2D eigenvalue weighted by atomic mass is 10.1. The number of rotatable bonds is 8. The predicted octanol–water partition coefficient (Wildman–Crippen LogP) is 6.01. The van der Waals surface area contributed by atoms with Crippen LogP contribution in [-0.4, -0.2) is 31.3 Å². The number of methoxy groups -OCH3 is 3. The average Bonchev–Trinajstić information content (AvgIpc) is 2.85. The van der Waals surface area contributed by atoms with E-state index >= 15 is 0 Å². The van der Waals surface area contributed by atoms with E-state index in [1.807, 2.05) is 67.6 Å². The summed E-state index contributed by atoms with van der Waals surface area (Å²) in [5, 5.41) is 3.26. The highest BCUT2D eigenvalue weighted by atomic mass is 16.5. The van der Waals surface area contributed by atoms with Crippen LogP contribution in [0.4, 0.5) is 11.5 Å². The second-order valence-electron chi connectivity index (χ2n) is 7.18. The molecule has 0 unspecified atom stereocenters. The van der Waals surface area contributed by atoms with Crippen LogP contribution in [0, 0.1) is 6.92 Å². The number of aryl methyl sites for hydroxylation is 1. The molecule has 0 saturated carbocycles. The van der Waals surface area contributed by atoms with Gasteiger partial charge in [-0.05, 0) is 25.1 Å². The monoisotopic (exact) mass is 443 g/mol. The van der Waals surface area contributed by atoms with E-state index in [-0.39, 0.29) is 0 Å². The third-order valence-electron chi connectivity index (χ3n) is 4.94. The van der Waals surface area contributed by atoms with E-state index in [1.165, 1.54) is 0 Å². The van der Waals surface area contributed by atoms with Gasteiger partial charge in [-0.15, -0.1) is 0 Å². The van der Waals surface area contributed by atoms with Crippen LogP contribution in [0.3, 0.4) is 0 Å². The fourth-order valence-corrected chi connectivity index (χ4v) is 3.40. The summed E-state index contributed by atoms with van der Waals surface area (Å²) < 4.78 is 22.5. The number of ether oxygens (including phenoxy) is 4. The lowest BCUT2D eigenvalue weighted by Crippen LogP contribution is -1.99. The Hall–Kier alpha value is -4.26. The molecule has 168 valence electrons. The van der Waals surface area contributed by atoms with Crippen LogP contribution in [0.2, 0.25) is 0 Å². The zero-order valence-corrected chi connectivity index (χ0v) is 19.0. The van der Waals surface area contributed by atoms with Crippen molar-refractivity contribution in [3.05, 3.63) is 78.6 Å². The van der Waals surface area contributed by atoms with Crippen molar-refractivity contribution >= 4 is 11.5 Å². The Labute approximate surface area is 193 Å². The number of benzene rings is 2. The maximum atomic E-state index is 6.21. The summed E-state index contributed by atoms with van der Waals surface area (Å²) in [5.41, 5.74) is 3.42. The molecule has 33 heavy (non-hydrogen) atoms. The van der Waals surface area contributed by atoms with Crippen LogP contribution in [-0.2, 0) is 0 Å². The molecule has 0 atom stereocenters. The first kappa shape index (κ1) is 22.0. The number of pyridine rings is 2.